The van der Waals surface area contributed by atoms with Gasteiger partial charge in [-0.3, -0.25) is 4.79 Å². The van der Waals surface area contributed by atoms with Gasteiger partial charge in [0.15, 0.2) is 0 Å². The zero-order chi connectivity index (χ0) is 8.97. The second kappa shape index (κ2) is 4.07. The molecule has 0 spiro atoms. The van der Waals surface area contributed by atoms with Crippen LogP contribution in [0.15, 0.2) is 18.3 Å². The molecule has 1 amide bonds. The Bertz CT molecular complexity index is 271. The summed E-state index contributed by atoms with van der Waals surface area (Å²) in [5, 5.41) is 3.12. The highest BCUT2D eigenvalue weighted by Gasteiger charge is 1.94. The number of hydrogen-bond donors (Lipinski definition) is 1. The quantitative estimate of drug-likeness (QED) is 0.706. The lowest BCUT2D eigenvalue weighted by Crippen LogP contribution is -2.18. The molecule has 0 bridgehead atoms. The van der Waals surface area contributed by atoms with Crippen molar-refractivity contribution in [2.75, 3.05) is 0 Å². The number of nitrogens with zero attached hydrogens (tertiary/aromatic N) is 1. The molecule has 0 saturated carbocycles. The fourth-order valence-corrected chi connectivity index (χ4v) is 0.849. The fraction of sp³-hybridized carbons (Fsp3) is 0.250. The first kappa shape index (κ1) is 9.00. The van der Waals surface area contributed by atoms with Crippen LogP contribution in [0, 0.1) is 0 Å². The van der Waals surface area contributed by atoms with E-state index in [1.165, 1.54) is 6.92 Å². The van der Waals surface area contributed by atoms with E-state index in [2.05, 4.69) is 10.3 Å². The summed E-state index contributed by atoms with van der Waals surface area (Å²) in [4.78, 5) is 14.4. The Labute approximate surface area is 75.8 Å². The molecule has 1 rings (SSSR count). The van der Waals surface area contributed by atoms with Crippen LogP contribution in [0.4, 0.5) is 0 Å². The second-order valence-electron chi connectivity index (χ2n) is 2.40. The molecule has 0 aliphatic rings. The first-order valence-electron chi connectivity index (χ1n) is 3.53. The van der Waals surface area contributed by atoms with Gasteiger partial charge in [0.1, 0.15) is 5.15 Å². The molecule has 1 heterocycles. The molecule has 1 aromatic heterocycles. The molecule has 64 valence electrons. The predicted octanol–water partition coefficient (Wildman–Crippen LogP) is 1.37. The van der Waals surface area contributed by atoms with Gasteiger partial charge >= 0.3 is 0 Å². The SMILES string of the molecule is CC(=O)NCc1ccc(Cl)nc1. The van der Waals surface area contributed by atoms with E-state index in [1.807, 2.05) is 6.07 Å². The van der Waals surface area contributed by atoms with Crippen LogP contribution in [-0.2, 0) is 11.3 Å². The summed E-state index contributed by atoms with van der Waals surface area (Å²) < 4.78 is 0. The number of carbonyl (C=O) groups excluding carboxylic acids is 1. The normalized spacial score (nSPS) is 9.50. The van der Waals surface area contributed by atoms with E-state index >= 15 is 0 Å². The highest BCUT2D eigenvalue weighted by molar-refractivity contribution is 6.29. The molecule has 0 aliphatic carbocycles. The van der Waals surface area contributed by atoms with Crippen molar-refractivity contribution in [1.29, 1.82) is 0 Å². The van der Waals surface area contributed by atoms with Crippen molar-refractivity contribution < 1.29 is 4.79 Å². The third kappa shape index (κ3) is 2.88. The van der Waals surface area contributed by atoms with Gasteiger partial charge in [0.25, 0.3) is 0 Å². The van der Waals surface area contributed by atoms with Crippen LogP contribution in [0.25, 0.3) is 0 Å². The highest BCUT2D eigenvalue weighted by Crippen LogP contribution is 2.04. The first-order chi connectivity index (χ1) is 5.68. The Morgan fingerprint density at radius 1 is 1.67 bits per heavy atom. The molecule has 1 aromatic rings. The van der Waals surface area contributed by atoms with E-state index in [4.69, 9.17) is 11.6 Å². The lowest BCUT2D eigenvalue weighted by molar-refractivity contribution is -0.119. The molecule has 0 radical (unpaired) electrons. The standard InChI is InChI=1S/C8H9ClN2O/c1-6(12)10-4-7-2-3-8(9)11-5-7/h2-3,5H,4H2,1H3,(H,10,12). The van der Waals surface area contributed by atoms with Gasteiger partial charge in [-0.1, -0.05) is 17.7 Å². The molecule has 12 heavy (non-hydrogen) atoms. The minimum Gasteiger partial charge on any atom is -0.352 e. The van der Waals surface area contributed by atoms with Gasteiger partial charge in [0.2, 0.25) is 5.91 Å². The van der Waals surface area contributed by atoms with Gasteiger partial charge in [0, 0.05) is 19.7 Å². The Morgan fingerprint density at radius 2 is 2.42 bits per heavy atom. The summed E-state index contributed by atoms with van der Waals surface area (Å²) in [5.41, 5.74) is 0.939. The van der Waals surface area contributed by atoms with Gasteiger partial charge in [-0.15, -0.1) is 0 Å². The minimum absolute atomic E-state index is 0.0510. The maximum Gasteiger partial charge on any atom is 0.217 e. The number of pyridine rings is 1. The lowest BCUT2D eigenvalue weighted by atomic mass is 10.3. The number of carbonyl (C=O) groups is 1. The van der Waals surface area contributed by atoms with Crippen molar-refractivity contribution in [3.63, 3.8) is 0 Å². The maximum atomic E-state index is 10.5. The van der Waals surface area contributed by atoms with E-state index in [0.717, 1.165) is 5.56 Å². The molecule has 4 heteroatoms. The van der Waals surface area contributed by atoms with Crippen molar-refractivity contribution in [1.82, 2.24) is 10.3 Å². The molecule has 0 atom stereocenters. The molecular formula is C8H9ClN2O. The van der Waals surface area contributed by atoms with Gasteiger partial charge in [-0.05, 0) is 11.6 Å². The van der Waals surface area contributed by atoms with E-state index in [-0.39, 0.29) is 5.91 Å². The second-order valence-corrected chi connectivity index (χ2v) is 2.79. The molecule has 0 aromatic carbocycles. The Kier molecular flexibility index (Phi) is 3.05. The smallest absolute Gasteiger partial charge is 0.217 e. The number of hydrogen-bond acceptors (Lipinski definition) is 2. The zero-order valence-electron chi connectivity index (χ0n) is 6.67. The molecule has 0 unspecified atom stereocenters. The average molecular weight is 185 g/mol. The molecule has 3 nitrogen and oxygen atoms in total. The van der Waals surface area contributed by atoms with Gasteiger partial charge in [-0.25, -0.2) is 4.98 Å². The Balaban J connectivity index is 2.53. The number of amides is 1. The van der Waals surface area contributed by atoms with E-state index in [1.54, 1.807) is 12.3 Å². The number of aromatic nitrogens is 1. The third-order valence-electron chi connectivity index (χ3n) is 1.33. The molecular weight excluding hydrogens is 176 g/mol. The van der Waals surface area contributed by atoms with Crippen LogP contribution in [0.3, 0.4) is 0 Å². The van der Waals surface area contributed by atoms with Crippen LogP contribution < -0.4 is 5.32 Å². The van der Waals surface area contributed by atoms with Gasteiger partial charge in [-0.2, -0.15) is 0 Å². The van der Waals surface area contributed by atoms with Crippen molar-refractivity contribution in [3.8, 4) is 0 Å². The van der Waals surface area contributed by atoms with Crippen LogP contribution in [-0.4, -0.2) is 10.9 Å². The van der Waals surface area contributed by atoms with E-state index in [0.29, 0.717) is 11.7 Å². The maximum absolute atomic E-state index is 10.5. The summed E-state index contributed by atoms with van der Waals surface area (Å²) in [5.74, 6) is -0.0510. The van der Waals surface area contributed by atoms with E-state index in [9.17, 15) is 4.79 Å². The Hall–Kier alpha value is -1.09. The summed E-state index contributed by atoms with van der Waals surface area (Å²) in [6.07, 6.45) is 1.64. The zero-order valence-corrected chi connectivity index (χ0v) is 7.43. The van der Waals surface area contributed by atoms with Crippen LogP contribution in [0.5, 0.6) is 0 Å². The number of nitrogens with one attached hydrogen (secondary N) is 1. The monoisotopic (exact) mass is 184 g/mol. The van der Waals surface area contributed by atoms with Crippen molar-refractivity contribution >= 4 is 17.5 Å². The number of rotatable bonds is 2. The highest BCUT2D eigenvalue weighted by atomic mass is 35.5. The largest absolute Gasteiger partial charge is 0.352 e. The fourth-order valence-electron chi connectivity index (χ4n) is 0.738. The molecule has 1 N–H and O–H groups in total. The van der Waals surface area contributed by atoms with E-state index < -0.39 is 0 Å². The summed E-state index contributed by atoms with van der Waals surface area (Å²) >= 11 is 5.58. The van der Waals surface area contributed by atoms with Crippen LogP contribution in [0.1, 0.15) is 12.5 Å². The summed E-state index contributed by atoms with van der Waals surface area (Å²) in [7, 11) is 0. The topological polar surface area (TPSA) is 42.0 Å². The predicted molar refractivity (Wildman–Crippen MR) is 46.8 cm³/mol. The first-order valence-corrected chi connectivity index (χ1v) is 3.91. The van der Waals surface area contributed by atoms with Crippen molar-refractivity contribution in [2.45, 2.75) is 13.5 Å². The minimum atomic E-state index is -0.0510. The summed E-state index contributed by atoms with van der Waals surface area (Å²) in [6, 6.07) is 3.52. The number of halogens is 1. The van der Waals surface area contributed by atoms with Gasteiger partial charge < -0.3 is 5.32 Å². The molecule has 0 aliphatic heterocycles. The molecule has 0 saturated heterocycles. The average Bonchev–Trinajstić information content (AvgIpc) is 2.03. The molecule has 0 fully saturated rings. The van der Waals surface area contributed by atoms with Crippen LogP contribution >= 0.6 is 11.6 Å². The van der Waals surface area contributed by atoms with Gasteiger partial charge in [0.05, 0.1) is 0 Å². The van der Waals surface area contributed by atoms with Crippen molar-refractivity contribution in [3.05, 3.63) is 29.0 Å². The summed E-state index contributed by atoms with van der Waals surface area (Å²) in [6.45, 7) is 1.98. The van der Waals surface area contributed by atoms with Crippen molar-refractivity contribution in [2.24, 2.45) is 0 Å². The lowest BCUT2D eigenvalue weighted by Gasteiger charge is -2.00. The van der Waals surface area contributed by atoms with Crippen LogP contribution in [0.2, 0.25) is 5.15 Å². The Morgan fingerprint density at radius 3 is 2.92 bits per heavy atom. The third-order valence-corrected chi connectivity index (χ3v) is 1.55.